The average Bonchev–Trinajstić information content (AvgIpc) is 2.53. The largest absolute Gasteiger partial charge is 0.484 e. The Bertz CT molecular complexity index is 667. The third kappa shape index (κ3) is 4.65. The van der Waals surface area contributed by atoms with Gasteiger partial charge in [-0.25, -0.2) is 13.2 Å². The zero-order valence-electron chi connectivity index (χ0n) is 12.2. The number of carbonyl (C=O) groups excluding carboxylic acids is 2. The molecule has 0 aliphatic carbocycles. The van der Waals surface area contributed by atoms with Crippen LogP contribution in [0.25, 0.3) is 0 Å². The maximum absolute atomic E-state index is 12.4. The summed E-state index contributed by atoms with van der Waals surface area (Å²) in [6.07, 6.45) is 0. The summed E-state index contributed by atoms with van der Waals surface area (Å²) in [6.45, 7) is 0.963. The van der Waals surface area contributed by atoms with Crippen LogP contribution in [0, 0.1) is 0 Å². The maximum Gasteiger partial charge on any atom is 0.318 e. The van der Waals surface area contributed by atoms with Gasteiger partial charge in [-0.3, -0.25) is 10.1 Å². The van der Waals surface area contributed by atoms with E-state index in [9.17, 15) is 18.0 Å². The number of primary amides is 1. The van der Waals surface area contributed by atoms with Gasteiger partial charge >= 0.3 is 6.03 Å². The summed E-state index contributed by atoms with van der Waals surface area (Å²) >= 11 is 0. The molecule has 1 aromatic rings. The first-order valence-electron chi connectivity index (χ1n) is 6.79. The van der Waals surface area contributed by atoms with Crippen molar-refractivity contribution >= 4 is 22.0 Å². The number of imide groups is 1. The molecule has 2 rings (SSSR count). The van der Waals surface area contributed by atoms with Crippen molar-refractivity contribution in [1.82, 2.24) is 9.62 Å². The normalized spacial score (nSPS) is 15.8. The molecule has 0 saturated carbocycles. The number of amides is 3. The molecule has 1 heterocycles. The van der Waals surface area contributed by atoms with Gasteiger partial charge in [-0.05, 0) is 24.3 Å². The molecule has 0 aromatic heterocycles. The van der Waals surface area contributed by atoms with Crippen molar-refractivity contribution in [3.8, 4) is 5.75 Å². The van der Waals surface area contributed by atoms with Crippen molar-refractivity contribution in [2.24, 2.45) is 5.73 Å². The molecule has 1 aliphatic heterocycles. The van der Waals surface area contributed by atoms with Gasteiger partial charge in [-0.1, -0.05) is 0 Å². The van der Waals surface area contributed by atoms with Gasteiger partial charge in [0.2, 0.25) is 10.0 Å². The molecular weight excluding hydrogens is 326 g/mol. The molecule has 126 valence electrons. The Kier molecular flexibility index (Phi) is 5.53. The number of nitrogens with two attached hydrogens (primary N) is 1. The average molecular weight is 343 g/mol. The molecule has 0 radical (unpaired) electrons. The number of rotatable bonds is 5. The van der Waals surface area contributed by atoms with Crippen LogP contribution in [0.4, 0.5) is 4.79 Å². The third-order valence-electron chi connectivity index (χ3n) is 3.06. The quantitative estimate of drug-likeness (QED) is 0.726. The minimum atomic E-state index is -3.57. The summed E-state index contributed by atoms with van der Waals surface area (Å²) in [7, 11) is -3.57. The predicted molar refractivity (Wildman–Crippen MR) is 79.2 cm³/mol. The first-order valence-corrected chi connectivity index (χ1v) is 8.23. The first kappa shape index (κ1) is 17.2. The van der Waals surface area contributed by atoms with Gasteiger partial charge in [-0.15, -0.1) is 0 Å². The zero-order valence-corrected chi connectivity index (χ0v) is 13.0. The van der Waals surface area contributed by atoms with Gasteiger partial charge in [0.15, 0.2) is 6.61 Å². The second-order valence-electron chi connectivity index (χ2n) is 4.69. The highest BCUT2D eigenvalue weighted by Gasteiger charge is 2.26. The number of hydrogen-bond acceptors (Lipinski definition) is 6. The van der Waals surface area contributed by atoms with Gasteiger partial charge in [0, 0.05) is 13.1 Å². The SMILES string of the molecule is NC(=O)NC(=O)COc1ccc(S(=O)(=O)N2CCOCC2)cc1. The predicted octanol–water partition coefficient (Wildman–Crippen LogP) is -0.719. The van der Waals surface area contributed by atoms with Crippen molar-refractivity contribution in [2.45, 2.75) is 4.90 Å². The number of nitrogens with one attached hydrogen (secondary N) is 1. The van der Waals surface area contributed by atoms with E-state index in [-0.39, 0.29) is 4.90 Å². The van der Waals surface area contributed by atoms with E-state index < -0.39 is 28.6 Å². The molecule has 1 fully saturated rings. The van der Waals surface area contributed by atoms with Crippen LogP contribution in [0.15, 0.2) is 29.2 Å². The summed E-state index contributed by atoms with van der Waals surface area (Å²) in [5, 5.41) is 1.85. The number of sulfonamides is 1. The molecule has 23 heavy (non-hydrogen) atoms. The van der Waals surface area contributed by atoms with Crippen LogP contribution in [0.2, 0.25) is 0 Å². The minimum Gasteiger partial charge on any atom is -0.484 e. The van der Waals surface area contributed by atoms with Gasteiger partial charge in [0.05, 0.1) is 18.1 Å². The fraction of sp³-hybridized carbons (Fsp3) is 0.385. The Balaban J connectivity index is 1.98. The summed E-state index contributed by atoms with van der Waals surface area (Å²) in [4.78, 5) is 21.8. The highest BCUT2D eigenvalue weighted by atomic mass is 32.2. The number of benzene rings is 1. The highest BCUT2D eigenvalue weighted by Crippen LogP contribution is 2.20. The van der Waals surface area contributed by atoms with Gasteiger partial charge in [0.25, 0.3) is 5.91 Å². The van der Waals surface area contributed by atoms with E-state index in [2.05, 4.69) is 0 Å². The maximum atomic E-state index is 12.4. The Morgan fingerprint density at radius 1 is 1.22 bits per heavy atom. The van der Waals surface area contributed by atoms with E-state index in [1.807, 2.05) is 5.32 Å². The van der Waals surface area contributed by atoms with Gasteiger partial charge in [-0.2, -0.15) is 4.31 Å². The molecule has 1 aliphatic rings. The molecule has 1 saturated heterocycles. The Morgan fingerprint density at radius 3 is 2.39 bits per heavy atom. The molecule has 0 spiro atoms. The van der Waals surface area contributed by atoms with Crippen LogP contribution < -0.4 is 15.8 Å². The molecule has 9 nitrogen and oxygen atoms in total. The van der Waals surface area contributed by atoms with Gasteiger partial charge in [0.1, 0.15) is 5.75 Å². The molecule has 0 atom stereocenters. The van der Waals surface area contributed by atoms with Crippen molar-refractivity contribution in [2.75, 3.05) is 32.9 Å². The summed E-state index contributed by atoms with van der Waals surface area (Å²) in [5.41, 5.74) is 4.79. The monoisotopic (exact) mass is 343 g/mol. The standard InChI is InChI=1S/C13H17N3O6S/c14-13(18)15-12(17)9-22-10-1-3-11(4-2-10)23(19,20)16-5-7-21-8-6-16/h1-4H,5-9H2,(H3,14,15,17,18). The van der Waals surface area contributed by atoms with Crippen LogP contribution in [-0.2, 0) is 19.6 Å². The van der Waals surface area contributed by atoms with Crippen molar-refractivity contribution in [3.05, 3.63) is 24.3 Å². The van der Waals surface area contributed by atoms with Crippen LogP contribution in [0.3, 0.4) is 0 Å². The molecule has 0 bridgehead atoms. The topological polar surface area (TPSA) is 128 Å². The highest BCUT2D eigenvalue weighted by molar-refractivity contribution is 7.89. The van der Waals surface area contributed by atoms with E-state index in [1.54, 1.807) is 0 Å². The van der Waals surface area contributed by atoms with Crippen molar-refractivity contribution in [1.29, 1.82) is 0 Å². The second-order valence-corrected chi connectivity index (χ2v) is 6.63. The molecule has 3 amide bonds. The van der Waals surface area contributed by atoms with Crippen LogP contribution in [-0.4, -0.2) is 57.6 Å². The lowest BCUT2D eigenvalue weighted by Crippen LogP contribution is -2.40. The Morgan fingerprint density at radius 2 is 1.83 bits per heavy atom. The molecule has 10 heteroatoms. The Hall–Kier alpha value is -2.17. The molecule has 3 N–H and O–H groups in total. The number of urea groups is 1. The number of nitrogens with zero attached hydrogens (tertiary/aromatic N) is 1. The molecular formula is C13H17N3O6S. The lowest BCUT2D eigenvalue weighted by Gasteiger charge is -2.26. The van der Waals surface area contributed by atoms with Crippen LogP contribution >= 0.6 is 0 Å². The number of ether oxygens (including phenoxy) is 2. The molecule has 0 unspecified atom stereocenters. The second kappa shape index (κ2) is 7.40. The smallest absolute Gasteiger partial charge is 0.318 e. The fourth-order valence-electron chi connectivity index (χ4n) is 1.97. The minimum absolute atomic E-state index is 0.133. The third-order valence-corrected chi connectivity index (χ3v) is 4.98. The lowest BCUT2D eigenvalue weighted by atomic mass is 10.3. The number of morpholine rings is 1. The van der Waals surface area contributed by atoms with Crippen LogP contribution in [0.5, 0.6) is 5.75 Å². The summed E-state index contributed by atoms with van der Waals surface area (Å²) in [6, 6.07) is 4.69. The lowest BCUT2D eigenvalue weighted by molar-refractivity contribution is -0.121. The van der Waals surface area contributed by atoms with E-state index in [0.29, 0.717) is 32.1 Å². The van der Waals surface area contributed by atoms with E-state index >= 15 is 0 Å². The van der Waals surface area contributed by atoms with Crippen LogP contribution in [0.1, 0.15) is 0 Å². The summed E-state index contributed by atoms with van der Waals surface area (Å²) < 4.78 is 36.4. The van der Waals surface area contributed by atoms with Crippen molar-refractivity contribution in [3.63, 3.8) is 0 Å². The Labute approximate surface area is 133 Å². The van der Waals surface area contributed by atoms with E-state index in [1.165, 1.54) is 28.6 Å². The van der Waals surface area contributed by atoms with E-state index in [4.69, 9.17) is 15.2 Å². The van der Waals surface area contributed by atoms with Crippen molar-refractivity contribution < 1.29 is 27.5 Å². The zero-order chi connectivity index (χ0) is 16.9. The number of hydrogen-bond donors (Lipinski definition) is 2. The molecule has 1 aromatic carbocycles. The number of carbonyl (C=O) groups is 2. The van der Waals surface area contributed by atoms with E-state index in [0.717, 1.165) is 0 Å². The fourth-order valence-corrected chi connectivity index (χ4v) is 3.37. The summed E-state index contributed by atoms with van der Waals surface area (Å²) in [5.74, 6) is -0.395. The van der Waals surface area contributed by atoms with Gasteiger partial charge < -0.3 is 15.2 Å². The first-order chi connectivity index (χ1) is 10.9.